The SMILES string of the molecule is CC(Cn1cc(Cl)cn1)C(=O)Nc1nn(Cc2ccc(Cl)cc2)cc1Cl. The molecule has 6 nitrogen and oxygen atoms in total. The molecule has 1 unspecified atom stereocenters. The highest BCUT2D eigenvalue weighted by Gasteiger charge is 2.17. The number of benzene rings is 1. The van der Waals surface area contributed by atoms with Crippen LogP contribution in [-0.4, -0.2) is 25.5 Å². The van der Waals surface area contributed by atoms with Crippen molar-refractivity contribution in [2.45, 2.75) is 20.0 Å². The fraction of sp³-hybridized carbons (Fsp3) is 0.235. The monoisotopic (exact) mass is 411 g/mol. The van der Waals surface area contributed by atoms with Gasteiger partial charge in [0.15, 0.2) is 5.82 Å². The van der Waals surface area contributed by atoms with E-state index < -0.39 is 0 Å². The number of anilines is 1. The molecule has 1 aromatic carbocycles. The van der Waals surface area contributed by atoms with Crippen molar-refractivity contribution < 1.29 is 4.79 Å². The lowest BCUT2D eigenvalue weighted by atomic mass is 10.1. The van der Waals surface area contributed by atoms with E-state index in [0.717, 1.165) is 5.56 Å². The number of hydrogen-bond acceptors (Lipinski definition) is 3. The summed E-state index contributed by atoms with van der Waals surface area (Å²) in [6.45, 7) is 2.72. The third-order valence-corrected chi connectivity index (χ3v) is 4.45. The summed E-state index contributed by atoms with van der Waals surface area (Å²) < 4.78 is 3.28. The van der Waals surface area contributed by atoms with Gasteiger partial charge in [-0.1, -0.05) is 53.9 Å². The van der Waals surface area contributed by atoms with E-state index in [0.29, 0.717) is 34.0 Å². The van der Waals surface area contributed by atoms with E-state index in [2.05, 4.69) is 15.5 Å². The normalized spacial score (nSPS) is 12.2. The second-order valence-corrected chi connectivity index (χ2v) is 7.20. The Morgan fingerprint density at radius 3 is 2.50 bits per heavy atom. The summed E-state index contributed by atoms with van der Waals surface area (Å²) in [5.74, 6) is -0.199. The van der Waals surface area contributed by atoms with Crippen molar-refractivity contribution in [3.05, 3.63) is 63.5 Å². The highest BCUT2D eigenvalue weighted by molar-refractivity contribution is 6.33. The van der Waals surface area contributed by atoms with Gasteiger partial charge in [0.25, 0.3) is 0 Å². The fourth-order valence-electron chi connectivity index (χ4n) is 2.38. The third-order valence-electron chi connectivity index (χ3n) is 3.73. The van der Waals surface area contributed by atoms with Gasteiger partial charge in [0.1, 0.15) is 5.02 Å². The summed E-state index contributed by atoms with van der Waals surface area (Å²) >= 11 is 17.9. The van der Waals surface area contributed by atoms with E-state index in [9.17, 15) is 4.79 Å². The van der Waals surface area contributed by atoms with Crippen molar-refractivity contribution in [2.24, 2.45) is 5.92 Å². The standard InChI is InChI=1S/C17H16Cl3N5O/c1-11(7-24-9-14(19)6-21-24)17(26)22-16-15(20)10-25(23-16)8-12-2-4-13(18)5-3-12/h2-6,9-11H,7-8H2,1H3,(H,22,23,26). The molecule has 0 aliphatic heterocycles. The topological polar surface area (TPSA) is 64.7 Å². The van der Waals surface area contributed by atoms with Gasteiger partial charge in [-0.3, -0.25) is 14.2 Å². The lowest BCUT2D eigenvalue weighted by Gasteiger charge is -2.11. The van der Waals surface area contributed by atoms with Crippen LogP contribution in [0.4, 0.5) is 5.82 Å². The Morgan fingerprint density at radius 2 is 1.85 bits per heavy atom. The average Bonchev–Trinajstić information content (AvgIpc) is 3.15. The number of rotatable bonds is 6. The first-order chi connectivity index (χ1) is 12.4. The van der Waals surface area contributed by atoms with Crippen LogP contribution in [0.1, 0.15) is 12.5 Å². The van der Waals surface area contributed by atoms with Crippen molar-refractivity contribution in [3.63, 3.8) is 0 Å². The van der Waals surface area contributed by atoms with Crippen LogP contribution in [0, 0.1) is 5.92 Å². The zero-order valence-electron chi connectivity index (χ0n) is 13.9. The maximum atomic E-state index is 12.4. The summed E-state index contributed by atoms with van der Waals surface area (Å²) in [4.78, 5) is 12.4. The molecule has 1 N–H and O–H groups in total. The fourth-order valence-corrected chi connectivity index (χ4v) is 2.86. The molecule has 2 heterocycles. The Balaban J connectivity index is 1.63. The molecule has 136 valence electrons. The zero-order valence-corrected chi connectivity index (χ0v) is 16.1. The number of nitrogens with zero attached hydrogens (tertiary/aromatic N) is 4. The minimum Gasteiger partial charge on any atom is -0.308 e. The maximum Gasteiger partial charge on any atom is 0.230 e. The molecule has 0 spiro atoms. The van der Waals surface area contributed by atoms with Crippen molar-refractivity contribution in [1.82, 2.24) is 19.6 Å². The summed E-state index contributed by atoms with van der Waals surface area (Å²) in [5, 5.41) is 12.7. The molecule has 0 aliphatic carbocycles. The number of aromatic nitrogens is 4. The van der Waals surface area contributed by atoms with Crippen LogP contribution in [0.25, 0.3) is 0 Å². The van der Waals surface area contributed by atoms with Crippen LogP contribution >= 0.6 is 34.8 Å². The summed E-state index contributed by atoms with van der Waals surface area (Å²) in [6, 6.07) is 7.45. The molecule has 9 heteroatoms. The lowest BCUT2D eigenvalue weighted by Crippen LogP contribution is -2.25. The summed E-state index contributed by atoms with van der Waals surface area (Å²) in [6.07, 6.45) is 4.87. The summed E-state index contributed by atoms with van der Waals surface area (Å²) in [5.41, 5.74) is 1.02. The van der Waals surface area contributed by atoms with E-state index in [4.69, 9.17) is 34.8 Å². The Bertz CT molecular complexity index is 904. The smallest absolute Gasteiger partial charge is 0.230 e. The molecule has 0 saturated carbocycles. The Kier molecular flexibility index (Phi) is 5.86. The lowest BCUT2D eigenvalue weighted by molar-refractivity contribution is -0.119. The predicted molar refractivity (Wildman–Crippen MR) is 103 cm³/mol. The van der Waals surface area contributed by atoms with E-state index in [1.807, 2.05) is 24.3 Å². The van der Waals surface area contributed by atoms with Gasteiger partial charge in [-0.15, -0.1) is 0 Å². The van der Waals surface area contributed by atoms with Crippen LogP contribution in [0.3, 0.4) is 0 Å². The molecule has 1 amide bonds. The molecule has 0 radical (unpaired) electrons. The van der Waals surface area contributed by atoms with Crippen LogP contribution in [-0.2, 0) is 17.9 Å². The van der Waals surface area contributed by atoms with Crippen molar-refractivity contribution in [1.29, 1.82) is 0 Å². The van der Waals surface area contributed by atoms with E-state index >= 15 is 0 Å². The van der Waals surface area contributed by atoms with Crippen LogP contribution in [0.2, 0.25) is 15.1 Å². The predicted octanol–water partition coefficient (Wildman–Crippen LogP) is 4.36. The number of carbonyl (C=O) groups excluding carboxylic acids is 1. The Labute approximate surface area is 165 Å². The zero-order chi connectivity index (χ0) is 18.7. The van der Waals surface area contributed by atoms with Gasteiger partial charge in [0, 0.05) is 17.4 Å². The number of hydrogen-bond donors (Lipinski definition) is 1. The van der Waals surface area contributed by atoms with Gasteiger partial charge < -0.3 is 5.32 Å². The number of carbonyl (C=O) groups is 1. The Hall–Kier alpha value is -2.02. The van der Waals surface area contributed by atoms with Gasteiger partial charge in [0.2, 0.25) is 5.91 Å². The van der Waals surface area contributed by atoms with E-state index in [1.54, 1.807) is 28.7 Å². The molecular formula is C17H16Cl3N5O. The minimum absolute atomic E-state index is 0.199. The molecule has 2 aromatic heterocycles. The van der Waals surface area contributed by atoms with Gasteiger partial charge in [0.05, 0.1) is 30.2 Å². The molecular weight excluding hydrogens is 397 g/mol. The number of halogens is 3. The highest BCUT2D eigenvalue weighted by Crippen LogP contribution is 2.21. The molecule has 0 saturated heterocycles. The molecule has 0 bridgehead atoms. The second kappa shape index (κ2) is 8.12. The first-order valence-electron chi connectivity index (χ1n) is 7.87. The first-order valence-corrected chi connectivity index (χ1v) is 9.00. The third kappa shape index (κ3) is 4.78. The van der Waals surface area contributed by atoms with Crippen LogP contribution in [0.15, 0.2) is 42.9 Å². The molecule has 3 rings (SSSR count). The van der Waals surface area contributed by atoms with Crippen LogP contribution < -0.4 is 5.32 Å². The maximum absolute atomic E-state index is 12.4. The molecule has 0 aliphatic rings. The summed E-state index contributed by atoms with van der Waals surface area (Å²) in [7, 11) is 0. The average molecular weight is 413 g/mol. The first kappa shape index (κ1) is 18.8. The number of nitrogens with one attached hydrogen (secondary N) is 1. The van der Waals surface area contributed by atoms with Crippen molar-refractivity contribution in [3.8, 4) is 0 Å². The molecule has 26 heavy (non-hydrogen) atoms. The van der Waals surface area contributed by atoms with Gasteiger partial charge >= 0.3 is 0 Å². The molecule has 1 atom stereocenters. The van der Waals surface area contributed by atoms with Gasteiger partial charge in [-0.25, -0.2) is 0 Å². The minimum atomic E-state index is -0.330. The Morgan fingerprint density at radius 1 is 1.12 bits per heavy atom. The highest BCUT2D eigenvalue weighted by atomic mass is 35.5. The largest absolute Gasteiger partial charge is 0.308 e. The van der Waals surface area contributed by atoms with Crippen LogP contribution in [0.5, 0.6) is 0 Å². The van der Waals surface area contributed by atoms with Crippen molar-refractivity contribution in [2.75, 3.05) is 5.32 Å². The number of amides is 1. The van der Waals surface area contributed by atoms with Gasteiger partial charge in [-0.2, -0.15) is 10.2 Å². The van der Waals surface area contributed by atoms with E-state index in [1.165, 1.54) is 6.20 Å². The quantitative estimate of drug-likeness (QED) is 0.654. The molecule has 0 fully saturated rings. The molecule has 3 aromatic rings. The van der Waals surface area contributed by atoms with Crippen molar-refractivity contribution >= 4 is 46.5 Å². The second-order valence-electron chi connectivity index (χ2n) is 5.92. The van der Waals surface area contributed by atoms with E-state index in [-0.39, 0.29) is 11.8 Å². The van der Waals surface area contributed by atoms with Gasteiger partial charge in [-0.05, 0) is 17.7 Å².